The van der Waals surface area contributed by atoms with E-state index in [0.717, 1.165) is 15.9 Å². The summed E-state index contributed by atoms with van der Waals surface area (Å²) in [5.41, 5.74) is 0.707. The van der Waals surface area contributed by atoms with Crippen molar-refractivity contribution in [1.29, 1.82) is 0 Å². The maximum atomic E-state index is 12.7. The van der Waals surface area contributed by atoms with Crippen LogP contribution in [0.2, 0.25) is 0 Å². The van der Waals surface area contributed by atoms with Gasteiger partial charge in [0, 0.05) is 10.0 Å². The zero-order chi connectivity index (χ0) is 20.0. The topological polar surface area (TPSA) is 68.2 Å². The Bertz CT molecular complexity index is 849. The minimum atomic E-state index is -0.246. The fourth-order valence-corrected chi connectivity index (χ4v) is 4.81. The molecule has 4 atom stereocenters. The van der Waals surface area contributed by atoms with E-state index in [4.69, 9.17) is 9.47 Å². The van der Waals surface area contributed by atoms with Crippen molar-refractivity contribution in [2.45, 2.75) is 33.3 Å². The minimum absolute atomic E-state index is 0.00820. The van der Waals surface area contributed by atoms with Crippen LogP contribution >= 0.6 is 15.9 Å². The average Bonchev–Trinajstić information content (AvgIpc) is 3.31. The van der Waals surface area contributed by atoms with Gasteiger partial charge in [0.05, 0.1) is 30.8 Å². The van der Waals surface area contributed by atoms with Crippen molar-refractivity contribution in [3.63, 3.8) is 0 Å². The van der Waals surface area contributed by atoms with Gasteiger partial charge in [-0.1, -0.05) is 12.2 Å². The summed E-state index contributed by atoms with van der Waals surface area (Å²) in [6.45, 7) is 6.29. The number of imide groups is 1. The molecule has 1 aromatic carbocycles. The van der Waals surface area contributed by atoms with Crippen LogP contribution in [0, 0.1) is 23.7 Å². The zero-order valence-electron chi connectivity index (χ0n) is 16.1. The molecule has 2 bridgehead atoms. The Morgan fingerprint density at radius 2 is 1.82 bits per heavy atom. The first-order valence-electron chi connectivity index (χ1n) is 9.63. The van der Waals surface area contributed by atoms with Crippen molar-refractivity contribution in [2.75, 3.05) is 6.61 Å². The molecule has 3 aliphatic rings. The Morgan fingerprint density at radius 3 is 2.39 bits per heavy atom. The predicted molar refractivity (Wildman–Crippen MR) is 108 cm³/mol. The highest BCUT2D eigenvalue weighted by molar-refractivity contribution is 9.10. The van der Waals surface area contributed by atoms with Gasteiger partial charge in [0.2, 0.25) is 0 Å². The van der Waals surface area contributed by atoms with Crippen molar-refractivity contribution >= 4 is 34.0 Å². The van der Waals surface area contributed by atoms with Gasteiger partial charge in [0.1, 0.15) is 0 Å². The van der Waals surface area contributed by atoms with Gasteiger partial charge >= 0.3 is 0 Å². The third-order valence-corrected chi connectivity index (χ3v) is 6.17. The van der Waals surface area contributed by atoms with E-state index >= 15 is 0 Å². The van der Waals surface area contributed by atoms with Gasteiger partial charge in [0.15, 0.2) is 11.5 Å². The number of rotatable bonds is 6. The number of ether oxygens (including phenoxy) is 2. The van der Waals surface area contributed by atoms with E-state index in [1.54, 1.807) is 6.07 Å². The van der Waals surface area contributed by atoms with Crippen LogP contribution in [0.5, 0.6) is 11.5 Å². The third-order valence-electron chi connectivity index (χ3n) is 5.48. The maximum Gasteiger partial charge on any atom is 0.254 e. The van der Waals surface area contributed by atoms with Gasteiger partial charge in [-0.3, -0.25) is 9.59 Å². The molecule has 7 heteroatoms. The molecule has 0 N–H and O–H groups in total. The molecular weight excluding hydrogens is 424 g/mol. The lowest BCUT2D eigenvalue weighted by Gasteiger charge is -2.16. The molecule has 2 fully saturated rings. The van der Waals surface area contributed by atoms with Crippen LogP contribution in [0.1, 0.15) is 32.8 Å². The lowest BCUT2D eigenvalue weighted by Crippen LogP contribution is -2.28. The number of hydrogen-bond donors (Lipinski definition) is 0. The highest BCUT2D eigenvalue weighted by atomic mass is 79.9. The molecule has 1 saturated carbocycles. The molecule has 0 radical (unpaired) electrons. The first kappa shape index (κ1) is 19.2. The Labute approximate surface area is 172 Å². The van der Waals surface area contributed by atoms with Crippen LogP contribution in [0.4, 0.5) is 0 Å². The number of fused-ring (bicyclic) bond motifs is 5. The molecule has 1 heterocycles. The molecular formula is C21H23BrN2O4. The van der Waals surface area contributed by atoms with Crippen LogP contribution in [0.15, 0.2) is 33.9 Å². The number of halogens is 1. The van der Waals surface area contributed by atoms with Crippen LogP contribution in [-0.4, -0.2) is 35.7 Å². The summed E-state index contributed by atoms with van der Waals surface area (Å²) in [6, 6.07) is 3.62. The number of amides is 2. The molecule has 1 aliphatic heterocycles. The van der Waals surface area contributed by atoms with E-state index in [2.05, 4.69) is 33.2 Å². The number of benzene rings is 1. The minimum Gasteiger partial charge on any atom is -0.490 e. The van der Waals surface area contributed by atoms with Gasteiger partial charge in [0.25, 0.3) is 11.8 Å². The second-order valence-electron chi connectivity index (χ2n) is 7.65. The molecule has 1 aromatic rings. The first-order valence-corrected chi connectivity index (χ1v) is 10.4. The summed E-state index contributed by atoms with van der Waals surface area (Å²) in [7, 11) is 0. The molecule has 2 aliphatic carbocycles. The summed E-state index contributed by atoms with van der Waals surface area (Å²) in [4.78, 5) is 25.5. The lowest BCUT2D eigenvalue weighted by molar-refractivity contribution is -0.140. The molecule has 148 valence electrons. The van der Waals surface area contributed by atoms with E-state index in [1.165, 1.54) is 6.21 Å². The Morgan fingerprint density at radius 1 is 1.18 bits per heavy atom. The monoisotopic (exact) mass is 446 g/mol. The smallest absolute Gasteiger partial charge is 0.254 e. The number of carbonyl (C=O) groups is 2. The fourth-order valence-electron chi connectivity index (χ4n) is 4.38. The van der Waals surface area contributed by atoms with Crippen LogP contribution in [-0.2, 0) is 9.59 Å². The van der Waals surface area contributed by atoms with E-state index in [0.29, 0.717) is 23.7 Å². The van der Waals surface area contributed by atoms with Gasteiger partial charge in [-0.15, -0.1) is 0 Å². The summed E-state index contributed by atoms with van der Waals surface area (Å²) in [5.74, 6) is 0.706. The highest BCUT2D eigenvalue weighted by Crippen LogP contribution is 2.52. The second-order valence-corrected chi connectivity index (χ2v) is 8.51. The van der Waals surface area contributed by atoms with Gasteiger partial charge in [-0.25, -0.2) is 0 Å². The van der Waals surface area contributed by atoms with Gasteiger partial charge < -0.3 is 9.47 Å². The van der Waals surface area contributed by atoms with Crippen molar-refractivity contribution in [3.05, 3.63) is 34.3 Å². The third kappa shape index (κ3) is 3.15. The number of hydrogen-bond acceptors (Lipinski definition) is 5. The first-order chi connectivity index (χ1) is 13.4. The normalized spacial score (nSPS) is 28.1. The van der Waals surface area contributed by atoms with E-state index < -0.39 is 0 Å². The number of nitrogens with zero attached hydrogens (tertiary/aromatic N) is 2. The summed E-state index contributed by atoms with van der Waals surface area (Å²) in [5, 5.41) is 5.29. The molecule has 2 amide bonds. The van der Waals surface area contributed by atoms with Crippen molar-refractivity contribution in [1.82, 2.24) is 5.01 Å². The Balaban J connectivity index is 1.59. The largest absolute Gasteiger partial charge is 0.490 e. The Kier molecular flexibility index (Phi) is 5.04. The Hall–Kier alpha value is -2.15. The number of carbonyl (C=O) groups excluding carboxylic acids is 2. The van der Waals surface area contributed by atoms with E-state index in [-0.39, 0.29) is 41.6 Å². The van der Waals surface area contributed by atoms with Crippen LogP contribution in [0.3, 0.4) is 0 Å². The number of hydrazone groups is 1. The number of allylic oxidation sites excluding steroid dienone is 2. The average molecular weight is 447 g/mol. The quantitative estimate of drug-likeness (QED) is 0.378. The summed E-state index contributed by atoms with van der Waals surface area (Å²) in [6.07, 6.45) is 6.59. The van der Waals surface area contributed by atoms with Gasteiger partial charge in [-0.2, -0.15) is 10.1 Å². The fraction of sp³-hybridized carbons (Fsp3) is 0.476. The SMILES string of the molecule is CCOc1cc(C=NN2C(=O)C3C4C=CC(C4)C3C2=O)c(Br)cc1OC(C)C. The molecule has 4 unspecified atom stereocenters. The predicted octanol–water partition coefficient (Wildman–Crippen LogP) is 3.78. The summed E-state index contributed by atoms with van der Waals surface area (Å²) < 4.78 is 12.2. The lowest BCUT2D eigenvalue weighted by atomic mass is 9.85. The molecule has 0 spiro atoms. The standard InChI is InChI=1S/C21H23BrN2O4/c1-4-27-16-8-14(15(22)9-17(16)28-11(2)3)10-23-24-20(25)18-12-5-6-13(7-12)19(18)21(24)26/h5-6,8-13,18-19H,4,7H2,1-3H3. The van der Waals surface area contributed by atoms with Crippen molar-refractivity contribution < 1.29 is 19.1 Å². The molecule has 1 saturated heterocycles. The zero-order valence-corrected chi connectivity index (χ0v) is 17.7. The highest BCUT2D eigenvalue weighted by Gasteiger charge is 2.59. The van der Waals surface area contributed by atoms with Crippen LogP contribution < -0.4 is 9.47 Å². The van der Waals surface area contributed by atoms with Gasteiger partial charge in [-0.05, 0) is 67.1 Å². The summed E-state index contributed by atoms with van der Waals surface area (Å²) >= 11 is 3.51. The molecule has 28 heavy (non-hydrogen) atoms. The van der Waals surface area contributed by atoms with Crippen LogP contribution in [0.25, 0.3) is 0 Å². The van der Waals surface area contributed by atoms with E-state index in [9.17, 15) is 9.59 Å². The molecule has 0 aromatic heterocycles. The molecule has 4 rings (SSSR count). The molecule has 6 nitrogen and oxygen atoms in total. The van der Waals surface area contributed by atoms with Crippen molar-refractivity contribution in [2.24, 2.45) is 28.8 Å². The van der Waals surface area contributed by atoms with E-state index in [1.807, 2.05) is 26.8 Å². The maximum absolute atomic E-state index is 12.7. The second kappa shape index (κ2) is 7.35. The van der Waals surface area contributed by atoms with Crippen molar-refractivity contribution in [3.8, 4) is 11.5 Å².